The highest BCUT2D eigenvalue weighted by molar-refractivity contribution is 9.10. The molecule has 1 heterocycles. The molecule has 0 unspecified atom stereocenters. The standard InChI is InChI=1S/C25H22BrFN2O3S2/c1-25(2,16-4-6-19(27)7-5-16)17-12-18(26)14-21(13-17)28-24(30)23-11-15-10-20(29-34(3,31)32)8-9-22(15)33-23/h4-14,29H,1-3H3,(H,28,30). The van der Waals surface area contributed by atoms with E-state index < -0.39 is 15.4 Å². The lowest BCUT2D eigenvalue weighted by molar-refractivity contribution is 0.103. The van der Waals surface area contributed by atoms with Gasteiger partial charge in [0.15, 0.2) is 0 Å². The second-order valence-corrected chi connectivity index (χ2v) is 12.3. The largest absolute Gasteiger partial charge is 0.321 e. The first-order valence-electron chi connectivity index (χ1n) is 10.3. The molecule has 0 fully saturated rings. The van der Waals surface area contributed by atoms with Gasteiger partial charge in [-0.1, -0.05) is 41.9 Å². The van der Waals surface area contributed by atoms with Crippen molar-refractivity contribution < 1.29 is 17.6 Å². The van der Waals surface area contributed by atoms with E-state index in [9.17, 15) is 17.6 Å². The molecule has 0 saturated carbocycles. The summed E-state index contributed by atoms with van der Waals surface area (Å²) < 4.78 is 40.5. The zero-order valence-electron chi connectivity index (χ0n) is 18.6. The molecule has 4 rings (SSSR count). The fraction of sp³-hybridized carbons (Fsp3) is 0.160. The number of amides is 1. The van der Waals surface area contributed by atoms with Crippen LogP contribution < -0.4 is 10.0 Å². The molecule has 0 aliphatic heterocycles. The van der Waals surface area contributed by atoms with E-state index in [0.717, 1.165) is 31.9 Å². The Balaban J connectivity index is 1.60. The lowest BCUT2D eigenvalue weighted by atomic mass is 9.78. The van der Waals surface area contributed by atoms with Crippen LogP contribution in [0.5, 0.6) is 0 Å². The van der Waals surface area contributed by atoms with Crippen LogP contribution in [0.4, 0.5) is 15.8 Å². The van der Waals surface area contributed by atoms with Crippen molar-refractivity contribution in [3.63, 3.8) is 0 Å². The smallest absolute Gasteiger partial charge is 0.265 e. The Labute approximate surface area is 210 Å². The molecule has 0 radical (unpaired) electrons. The lowest BCUT2D eigenvalue weighted by Crippen LogP contribution is -2.20. The van der Waals surface area contributed by atoms with Crippen LogP contribution in [0.3, 0.4) is 0 Å². The molecule has 1 aromatic heterocycles. The molecule has 2 N–H and O–H groups in total. The van der Waals surface area contributed by atoms with E-state index in [1.807, 2.05) is 32.0 Å². The quantitative estimate of drug-likeness (QED) is 0.274. The van der Waals surface area contributed by atoms with Crippen molar-refractivity contribution in [2.45, 2.75) is 19.3 Å². The highest BCUT2D eigenvalue weighted by atomic mass is 79.9. The number of carbonyl (C=O) groups is 1. The first-order chi connectivity index (χ1) is 15.9. The van der Waals surface area contributed by atoms with E-state index in [4.69, 9.17) is 0 Å². The summed E-state index contributed by atoms with van der Waals surface area (Å²) in [7, 11) is -3.39. The van der Waals surface area contributed by atoms with Crippen molar-refractivity contribution in [2.75, 3.05) is 16.3 Å². The molecule has 0 atom stereocenters. The summed E-state index contributed by atoms with van der Waals surface area (Å²) in [4.78, 5) is 13.5. The van der Waals surface area contributed by atoms with Crippen molar-refractivity contribution in [2.24, 2.45) is 0 Å². The first-order valence-corrected chi connectivity index (χ1v) is 13.8. The number of halogens is 2. The Kier molecular flexibility index (Phi) is 6.54. The molecule has 4 aromatic rings. The third kappa shape index (κ3) is 5.48. The molecule has 176 valence electrons. The van der Waals surface area contributed by atoms with Gasteiger partial charge in [0.05, 0.1) is 11.1 Å². The molecule has 0 aliphatic rings. The van der Waals surface area contributed by atoms with Gasteiger partial charge in [-0.05, 0) is 71.1 Å². The molecule has 0 spiro atoms. The van der Waals surface area contributed by atoms with Gasteiger partial charge >= 0.3 is 0 Å². The normalized spacial score (nSPS) is 12.0. The van der Waals surface area contributed by atoms with Gasteiger partial charge in [-0.3, -0.25) is 9.52 Å². The van der Waals surface area contributed by atoms with Crippen LogP contribution in [-0.2, 0) is 15.4 Å². The predicted octanol–water partition coefficient (Wildman–Crippen LogP) is 6.75. The van der Waals surface area contributed by atoms with Gasteiger partial charge in [0.2, 0.25) is 10.0 Å². The molecular formula is C25H22BrFN2O3S2. The molecule has 1 amide bonds. The number of carbonyl (C=O) groups excluding carboxylic acids is 1. The Morgan fingerprint density at radius 1 is 0.941 bits per heavy atom. The van der Waals surface area contributed by atoms with E-state index in [2.05, 4.69) is 26.0 Å². The molecule has 0 saturated heterocycles. The number of sulfonamides is 1. The Morgan fingerprint density at radius 3 is 2.32 bits per heavy atom. The van der Waals surface area contributed by atoms with Crippen molar-refractivity contribution in [1.82, 2.24) is 0 Å². The van der Waals surface area contributed by atoms with Gasteiger partial charge < -0.3 is 5.32 Å². The fourth-order valence-electron chi connectivity index (χ4n) is 3.68. The number of benzene rings is 3. The Hall–Kier alpha value is -2.75. The number of hydrogen-bond acceptors (Lipinski definition) is 4. The van der Waals surface area contributed by atoms with Gasteiger partial charge in [0.1, 0.15) is 5.82 Å². The molecule has 0 aliphatic carbocycles. The molecule has 34 heavy (non-hydrogen) atoms. The SMILES string of the molecule is CC(C)(c1ccc(F)cc1)c1cc(Br)cc(NC(=O)c2cc3cc(NS(C)(=O)=O)ccc3s2)c1. The van der Waals surface area contributed by atoms with Crippen LogP contribution in [0.1, 0.15) is 34.6 Å². The summed E-state index contributed by atoms with van der Waals surface area (Å²) in [5.41, 5.74) is 2.56. The predicted molar refractivity (Wildman–Crippen MR) is 141 cm³/mol. The fourth-order valence-corrected chi connectivity index (χ4v) is 5.67. The molecular weight excluding hydrogens is 539 g/mol. The van der Waals surface area contributed by atoms with E-state index in [-0.39, 0.29) is 11.7 Å². The highest BCUT2D eigenvalue weighted by Crippen LogP contribution is 2.35. The van der Waals surface area contributed by atoms with Crippen LogP contribution in [0.2, 0.25) is 0 Å². The van der Waals surface area contributed by atoms with E-state index in [0.29, 0.717) is 16.3 Å². The van der Waals surface area contributed by atoms with Gasteiger partial charge in [-0.2, -0.15) is 0 Å². The van der Waals surface area contributed by atoms with E-state index >= 15 is 0 Å². The molecule has 0 bridgehead atoms. The second-order valence-electron chi connectivity index (χ2n) is 8.55. The third-order valence-electron chi connectivity index (χ3n) is 5.49. The van der Waals surface area contributed by atoms with Crippen molar-refractivity contribution in [3.05, 3.63) is 93.0 Å². The monoisotopic (exact) mass is 560 g/mol. The number of anilines is 2. The second kappa shape index (κ2) is 9.13. The van der Waals surface area contributed by atoms with Crippen molar-refractivity contribution in [1.29, 1.82) is 0 Å². The molecule has 3 aromatic carbocycles. The lowest BCUT2D eigenvalue weighted by Gasteiger charge is -2.27. The number of fused-ring (bicyclic) bond motifs is 1. The summed E-state index contributed by atoms with van der Waals surface area (Å²) in [5.74, 6) is -0.549. The molecule has 9 heteroatoms. The first kappa shape index (κ1) is 24.4. The average Bonchev–Trinajstić information content (AvgIpc) is 3.16. The number of hydrogen-bond donors (Lipinski definition) is 2. The van der Waals surface area contributed by atoms with E-state index in [1.54, 1.807) is 36.4 Å². The minimum atomic E-state index is -3.39. The summed E-state index contributed by atoms with van der Waals surface area (Å²) >= 11 is 4.86. The highest BCUT2D eigenvalue weighted by Gasteiger charge is 2.24. The average molecular weight is 561 g/mol. The van der Waals surface area contributed by atoms with Crippen LogP contribution in [0, 0.1) is 5.82 Å². The van der Waals surface area contributed by atoms with Crippen LogP contribution in [-0.4, -0.2) is 20.6 Å². The van der Waals surface area contributed by atoms with Crippen LogP contribution in [0.25, 0.3) is 10.1 Å². The van der Waals surface area contributed by atoms with Crippen molar-refractivity contribution in [3.8, 4) is 0 Å². The maximum Gasteiger partial charge on any atom is 0.265 e. The van der Waals surface area contributed by atoms with Crippen LogP contribution >= 0.6 is 27.3 Å². The van der Waals surface area contributed by atoms with Crippen LogP contribution in [0.15, 0.2) is 71.2 Å². The molecule has 5 nitrogen and oxygen atoms in total. The maximum absolute atomic E-state index is 13.4. The zero-order valence-corrected chi connectivity index (χ0v) is 21.9. The number of rotatable bonds is 6. The van der Waals surface area contributed by atoms with Gasteiger partial charge in [0.25, 0.3) is 5.91 Å². The van der Waals surface area contributed by atoms with Gasteiger partial charge in [-0.25, -0.2) is 12.8 Å². The van der Waals surface area contributed by atoms with Crippen molar-refractivity contribution >= 4 is 64.7 Å². The van der Waals surface area contributed by atoms with Gasteiger partial charge in [0, 0.05) is 26.0 Å². The topological polar surface area (TPSA) is 75.3 Å². The minimum Gasteiger partial charge on any atom is -0.321 e. The number of nitrogens with one attached hydrogen (secondary N) is 2. The number of thiophene rings is 1. The third-order valence-corrected chi connectivity index (χ3v) is 7.67. The summed E-state index contributed by atoms with van der Waals surface area (Å²) in [5, 5.41) is 3.73. The minimum absolute atomic E-state index is 0.262. The summed E-state index contributed by atoms with van der Waals surface area (Å²) in [6, 6.07) is 19.0. The van der Waals surface area contributed by atoms with E-state index in [1.165, 1.54) is 23.5 Å². The van der Waals surface area contributed by atoms with Gasteiger partial charge in [-0.15, -0.1) is 11.3 Å². The Morgan fingerprint density at radius 2 is 1.65 bits per heavy atom. The maximum atomic E-state index is 13.4. The summed E-state index contributed by atoms with van der Waals surface area (Å²) in [6.45, 7) is 4.09. The zero-order chi connectivity index (χ0) is 24.7. The summed E-state index contributed by atoms with van der Waals surface area (Å²) in [6.07, 6.45) is 1.09. The Bertz CT molecular complexity index is 1500.